The molecule has 0 aliphatic carbocycles. The first-order chi connectivity index (χ1) is 8.90. The topological polar surface area (TPSA) is 25.8 Å². The molecule has 0 radical (unpaired) electrons. The van der Waals surface area contributed by atoms with Crippen molar-refractivity contribution in [3.63, 3.8) is 0 Å². The average molecular weight is 238 g/mol. The molecule has 4 rings (SSSR count). The molecule has 0 aromatic carbocycles. The number of aromatic nitrogens is 2. The van der Waals surface area contributed by atoms with Gasteiger partial charge in [-0.2, -0.15) is 0 Å². The Bertz CT molecular complexity index is 473. The normalized spacial score (nSPS) is 15.6. The van der Waals surface area contributed by atoms with E-state index in [1.54, 1.807) is 0 Å². The maximum atomic E-state index is 4.73. The van der Waals surface area contributed by atoms with Crippen molar-refractivity contribution in [2.24, 2.45) is 0 Å². The van der Waals surface area contributed by atoms with Crippen molar-refractivity contribution in [2.45, 2.75) is 38.5 Å². The van der Waals surface area contributed by atoms with E-state index in [0.717, 1.165) is 38.5 Å². The van der Waals surface area contributed by atoms with Gasteiger partial charge in [0.1, 0.15) is 0 Å². The summed E-state index contributed by atoms with van der Waals surface area (Å²) < 4.78 is 0. The second-order valence-electron chi connectivity index (χ2n) is 4.99. The summed E-state index contributed by atoms with van der Waals surface area (Å²) in [6.45, 7) is 0. The lowest BCUT2D eigenvalue weighted by Gasteiger charge is -2.03. The van der Waals surface area contributed by atoms with Crippen LogP contribution in [0.2, 0.25) is 0 Å². The van der Waals surface area contributed by atoms with Gasteiger partial charge in [0, 0.05) is 23.3 Å². The van der Waals surface area contributed by atoms with Gasteiger partial charge in [0.15, 0.2) is 0 Å². The van der Waals surface area contributed by atoms with E-state index in [0.29, 0.717) is 0 Å². The maximum Gasteiger partial charge on any atom is 0.0407 e. The van der Waals surface area contributed by atoms with Crippen molar-refractivity contribution in [3.05, 3.63) is 59.2 Å². The van der Waals surface area contributed by atoms with Crippen molar-refractivity contribution in [1.82, 2.24) is 9.97 Å². The van der Waals surface area contributed by atoms with Gasteiger partial charge < -0.3 is 0 Å². The van der Waals surface area contributed by atoms with E-state index < -0.39 is 0 Å². The van der Waals surface area contributed by atoms with E-state index >= 15 is 0 Å². The van der Waals surface area contributed by atoms with Gasteiger partial charge >= 0.3 is 0 Å². The molecular weight excluding hydrogens is 220 g/mol. The summed E-state index contributed by atoms with van der Waals surface area (Å²) >= 11 is 0. The summed E-state index contributed by atoms with van der Waals surface area (Å²) in [4.78, 5) is 9.26. The molecular formula is C16H18N2. The van der Waals surface area contributed by atoms with Crippen LogP contribution in [0.3, 0.4) is 0 Å². The number of pyridine rings is 2. The zero-order chi connectivity index (χ0) is 12.2. The SMILES string of the molecule is c1cc2nc(c1)CCCc1ccc(cn1)CCC2. The summed E-state index contributed by atoms with van der Waals surface area (Å²) in [5.41, 5.74) is 5.00. The molecule has 18 heavy (non-hydrogen) atoms. The molecule has 0 unspecified atom stereocenters. The van der Waals surface area contributed by atoms with Crippen molar-refractivity contribution in [2.75, 3.05) is 0 Å². The van der Waals surface area contributed by atoms with Gasteiger partial charge in [0.2, 0.25) is 0 Å². The fourth-order valence-electron chi connectivity index (χ4n) is 2.48. The van der Waals surface area contributed by atoms with Crippen LogP contribution in [-0.2, 0) is 25.7 Å². The second kappa shape index (κ2) is 5.30. The van der Waals surface area contributed by atoms with E-state index in [9.17, 15) is 0 Å². The van der Waals surface area contributed by atoms with Gasteiger partial charge in [-0.15, -0.1) is 0 Å². The Balaban J connectivity index is 1.84. The van der Waals surface area contributed by atoms with Crippen molar-refractivity contribution >= 4 is 0 Å². The first-order valence-electron chi connectivity index (χ1n) is 6.79. The minimum absolute atomic E-state index is 1.05. The molecule has 0 saturated heterocycles. The third kappa shape index (κ3) is 2.76. The molecule has 0 saturated carbocycles. The van der Waals surface area contributed by atoms with Crippen LogP contribution < -0.4 is 0 Å². The molecule has 0 fully saturated rings. The highest BCUT2D eigenvalue weighted by Gasteiger charge is 2.03. The first kappa shape index (κ1) is 11.4. The van der Waals surface area contributed by atoms with Crippen LogP contribution in [0.15, 0.2) is 36.5 Å². The lowest BCUT2D eigenvalue weighted by Crippen LogP contribution is -1.97. The van der Waals surface area contributed by atoms with Crippen LogP contribution in [0.5, 0.6) is 0 Å². The van der Waals surface area contributed by atoms with Crippen molar-refractivity contribution in [1.29, 1.82) is 0 Å². The summed E-state index contributed by atoms with van der Waals surface area (Å²) in [5.74, 6) is 0. The Morgan fingerprint density at radius 1 is 0.722 bits per heavy atom. The van der Waals surface area contributed by atoms with E-state index in [1.165, 1.54) is 22.6 Å². The van der Waals surface area contributed by atoms with Crippen LogP contribution in [-0.4, -0.2) is 9.97 Å². The van der Waals surface area contributed by atoms with Crippen LogP contribution in [0.1, 0.15) is 35.5 Å². The fourth-order valence-corrected chi connectivity index (χ4v) is 2.48. The number of aryl methyl sites for hydroxylation is 4. The lowest BCUT2D eigenvalue weighted by atomic mass is 10.1. The molecule has 2 aromatic heterocycles. The van der Waals surface area contributed by atoms with Gasteiger partial charge in [-0.05, 0) is 62.3 Å². The molecule has 2 nitrogen and oxygen atoms in total. The molecule has 0 atom stereocenters. The van der Waals surface area contributed by atoms with Crippen LogP contribution in [0.4, 0.5) is 0 Å². The molecule has 0 spiro atoms. The number of rotatable bonds is 0. The zero-order valence-corrected chi connectivity index (χ0v) is 10.6. The Kier molecular flexibility index (Phi) is 3.35. The highest BCUT2D eigenvalue weighted by molar-refractivity contribution is 5.16. The van der Waals surface area contributed by atoms with E-state index in [-0.39, 0.29) is 0 Å². The monoisotopic (exact) mass is 238 g/mol. The first-order valence-corrected chi connectivity index (χ1v) is 6.79. The Morgan fingerprint density at radius 3 is 2.17 bits per heavy atom. The summed E-state index contributed by atoms with van der Waals surface area (Å²) in [6.07, 6.45) is 8.58. The van der Waals surface area contributed by atoms with Crippen LogP contribution in [0.25, 0.3) is 0 Å². The Morgan fingerprint density at radius 2 is 1.44 bits per heavy atom. The second-order valence-corrected chi connectivity index (χ2v) is 4.99. The maximum absolute atomic E-state index is 4.73. The molecule has 2 heteroatoms. The van der Waals surface area contributed by atoms with Gasteiger partial charge in [-0.3, -0.25) is 9.97 Å². The summed E-state index contributed by atoms with van der Waals surface area (Å²) in [7, 11) is 0. The molecule has 2 aliphatic rings. The molecule has 92 valence electrons. The Hall–Kier alpha value is -1.70. The highest BCUT2D eigenvalue weighted by atomic mass is 14.7. The number of hydrogen-bond donors (Lipinski definition) is 0. The van der Waals surface area contributed by atoms with Crippen LogP contribution >= 0.6 is 0 Å². The predicted octanol–water partition coefficient (Wildman–Crippen LogP) is 3.14. The standard InChI is InChI=1S/C16H18N2/c1-4-13-10-11-14(17-12-13)5-2-7-16-9-3-8-15(6-1)18-16/h3,8-12H,1-2,4-7H2. The van der Waals surface area contributed by atoms with E-state index in [1.807, 2.05) is 6.20 Å². The molecule has 2 aromatic rings. The molecule has 4 heterocycles. The van der Waals surface area contributed by atoms with Crippen LogP contribution in [0, 0.1) is 0 Å². The van der Waals surface area contributed by atoms with Gasteiger partial charge in [-0.25, -0.2) is 0 Å². The highest BCUT2D eigenvalue weighted by Crippen LogP contribution is 2.12. The minimum atomic E-state index is 1.05. The molecule has 2 aliphatic heterocycles. The van der Waals surface area contributed by atoms with Gasteiger partial charge in [0.05, 0.1) is 0 Å². The minimum Gasteiger partial charge on any atom is -0.261 e. The smallest absolute Gasteiger partial charge is 0.0407 e. The molecule has 4 bridgehead atoms. The fraction of sp³-hybridized carbons (Fsp3) is 0.375. The zero-order valence-electron chi connectivity index (χ0n) is 10.6. The van der Waals surface area contributed by atoms with Crippen molar-refractivity contribution < 1.29 is 0 Å². The predicted molar refractivity (Wildman–Crippen MR) is 72.5 cm³/mol. The molecule has 0 N–H and O–H groups in total. The largest absolute Gasteiger partial charge is 0.261 e. The van der Waals surface area contributed by atoms with E-state index in [2.05, 4.69) is 35.3 Å². The number of hydrogen-bond acceptors (Lipinski definition) is 2. The van der Waals surface area contributed by atoms with E-state index in [4.69, 9.17) is 4.98 Å². The summed E-state index contributed by atoms with van der Waals surface area (Å²) in [6, 6.07) is 10.8. The lowest BCUT2D eigenvalue weighted by molar-refractivity contribution is 0.768. The Labute approximate surface area is 108 Å². The average Bonchev–Trinajstić information content (AvgIpc) is 2.42. The quantitative estimate of drug-likeness (QED) is 0.704. The third-order valence-electron chi connectivity index (χ3n) is 3.51. The van der Waals surface area contributed by atoms with Crippen molar-refractivity contribution in [3.8, 4) is 0 Å². The van der Waals surface area contributed by atoms with Gasteiger partial charge in [0.25, 0.3) is 0 Å². The summed E-state index contributed by atoms with van der Waals surface area (Å²) in [5, 5.41) is 0. The third-order valence-corrected chi connectivity index (χ3v) is 3.51. The molecule has 0 amide bonds. The number of fused-ring (bicyclic) bond motifs is 6. The number of nitrogens with zero attached hydrogens (tertiary/aromatic N) is 2. The van der Waals surface area contributed by atoms with Gasteiger partial charge in [-0.1, -0.05) is 12.1 Å².